The van der Waals surface area contributed by atoms with Crippen molar-refractivity contribution in [1.29, 1.82) is 0 Å². The van der Waals surface area contributed by atoms with Crippen molar-refractivity contribution in [2.24, 2.45) is 16.5 Å². The lowest BCUT2D eigenvalue weighted by atomic mass is 10.2. The molecule has 0 fully saturated rings. The first-order valence-corrected chi connectivity index (χ1v) is 6.58. The highest BCUT2D eigenvalue weighted by Gasteiger charge is 2.30. The van der Waals surface area contributed by atoms with Crippen LogP contribution in [0.1, 0.15) is 0 Å². The maximum atomic E-state index is 10.4. The van der Waals surface area contributed by atoms with Crippen LogP contribution in [0.4, 0.5) is 22.7 Å². The van der Waals surface area contributed by atoms with E-state index in [1.54, 1.807) is 0 Å². The number of benzene rings is 2. The van der Waals surface area contributed by atoms with E-state index in [9.17, 15) is 30.3 Å². The van der Waals surface area contributed by atoms with Crippen LogP contribution < -0.4 is 11.5 Å². The first-order chi connectivity index (χ1) is 12.1. The molecule has 5 N–H and O–H groups in total. The molecule has 0 aliphatic rings. The lowest BCUT2D eigenvalue weighted by Crippen LogP contribution is -2.21. The fourth-order valence-electron chi connectivity index (χ4n) is 1.63. The number of phenols is 1. The van der Waals surface area contributed by atoms with Gasteiger partial charge in [-0.05, 0) is 12.1 Å². The molecule has 0 amide bonds. The maximum absolute atomic E-state index is 10.4. The Kier molecular flexibility index (Phi) is 6.48. The van der Waals surface area contributed by atoms with Gasteiger partial charge in [-0.3, -0.25) is 30.3 Å². The third kappa shape index (κ3) is 5.41. The number of rotatable bonds is 4. The van der Waals surface area contributed by atoms with Crippen LogP contribution in [0.5, 0.6) is 5.75 Å². The highest BCUT2D eigenvalue weighted by Crippen LogP contribution is 2.38. The van der Waals surface area contributed by atoms with Gasteiger partial charge in [0.2, 0.25) is 0 Å². The van der Waals surface area contributed by atoms with E-state index in [0.29, 0.717) is 12.1 Å². The van der Waals surface area contributed by atoms with E-state index < -0.39 is 37.6 Å². The van der Waals surface area contributed by atoms with E-state index in [4.69, 9.17) is 16.6 Å². The third-order valence-electron chi connectivity index (χ3n) is 2.67. The van der Waals surface area contributed by atoms with Crippen LogP contribution in [-0.2, 0) is 0 Å². The number of nitrogens with two attached hydrogens (primary N) is 2. The molecule has 0 unspecified atom stereocenters. The predicted octanol–water partition coefficient (Wildman–Crippen LogP) is 1.71. The molecular weight excluding hydrogens is 352 g/mol. The topological polar surface area (TPSA) is 214 Å². The maximum Gasteiger partial charge on any atom is 0.324 e. The zero-order valence-electron chi connectivity index (χ0n) is 12.9. The van der Waals surface area contributed by atoms with Crippen LogP contribution in [0.15, 0.2) is 47.5 Å². The molecule has 0 aromatic heterocycles. The van der Waals surface area contributed by atoms with Crippen molar-refractivity contribution >= 4 is 28.7 Å². The van der Waals surface area contributed by atoms with Crippen LogP contribution in [0.25, 0.3) is 0 Å². The number of non-ortho nitro benzene ring substituents is 1. The van der Waals surface area contributed by atoms with Gasteiger partial charge in [0.15, 0.2) is 5.96 Å². The number of nitrogens with zero attached hydrogens (tertiary/aromatic N) is 4. The summed E-state index contributed by atoms with van der Waals surface area (Å²) in [5.74, 6) is -1.12. The lowest BCUT2D eigenvalue weighted by Gasteiger charge is -1.97. The van der Waals surface area contributed by atoms with Crippen molar-refractivity contribution in [2.75, 3.05) is 0 Å². The zero-order valence-corrected chi connectivity index (χ0v) is 12.9. The fraction of sp³-hybridized carbons (Fsp3) is 0. The van der Waals surface area contributed by atoms with Crippen molar-refractivity contribution in [2.45, 2.75) is 0 Å². The Labute approximate surface area is 144 Å². The summed E-state index contributed by atoms with van der Waals surface area (Å²) in [6.07, 6.45) is 0. The summed E-state index contributed by atoms with van der Waals surface area (Å²) in [4.78, 5) is 31.6. The van der Waals surface area contributed by atoms with E-state index in [2.05, 4.69) is 4.99 Å². The van der Waals surface area contributed by atoms with Crippen molar-refractivity contribution in [1.82, 2.24) is 0 Å². The van der Waals surface area contributed by atoms with Gasteiger partial charge in [0.25, 0.3) is 11.4 Å². The Hall–Kier alpha value is -4.29. The Balaban J connectivity index is 0.000000289. The smallest absolute Gasteiger partial charge is 0.324 e. The fourth-order valence-corrected chi connectivity index (χ4v) is 1.63. The number of guanidine groups is 1. The molecule has 0 aliphatic heterocycles. The molecule has 136 valence electrons. The molecule has 0 heterocycles. The summed E-state index contributed by atoms with van der Waals surface area (Å²) in [6.45, 7) is 0. The number of nitro groups is 3. The lowest BCUT2D eigenvalue weighted by molar-refractivity contribution is -0.404. The van der Waals surface area contributed by atoms with Crippen LogP contribution in [0.2, 0.25) is 0 Å². The first-order valence-electron chi connectivity index (χ1n) is 6.58. The minimum absolute atomic E-state index is 0.0891. The molecule has 2 rings (SSSR count). The number of hydrogen-bond acceptors (Lipinski definition) is 8. The van der Waals surface area contributed by atoms with Gasteiger partial charge in [0.1, 0.15) is 0 Å². The van der Waals surface area contributed by atoms with Crippen LogP contribution in [-0.4, -0.2) is 25.8 Å². The molecule has 13 heteroatoms. The zero-order chi connectivity index (χ0) is 19.9. The van der Waals surface area contributed by atoms with Crippen LogP contribution in [0, 0.1) is 30.3 Å². The molecule has 2 aromatic carbocycles. The van der Waals surface area contributed by atoms with E-state index >= 15 is 0 Å². The minimum Gasteiger partial charge on any atom is -0.497 e. The van der Waals surface area contributed by atoms with Crippen molar-refractivity contribution in [3.05, 3.63) is 72.8 Å². The van der Waals surface area contributed by atoms with Crippen molar-refractivity contribution in [3.63, 3.8) is 0 Å². The quantitative estimate of drug-likeness (QED) is 0.311. The number of aromatic hydroxyl groups is 1. The third-order valence-corrected chi connectivity index (χ3v) is 2.67. The summed E-state index contributed by atoms with van der Waals surface area (Å²) in [7, 11) is 0. The summed E-state index contributed by atoms with van der Waals surface area (Å²) < 4.78 is 0. The van der Waals surface area contributed by atoms with Crippen molar-refractivity contribution < 1.29 is 19.9 Å². The molecule has 0 saturated carbocycles. The number of hydrogen-bond donors (Lipinski definition) is 3. The SMILES string of the molecule is NC(N)=Nc1ccccc1.O=[N+]([O-])c1cc([N+](=O)[O-])c(O)c([N+](=O)[O-])c1. The van der Waals surface area contributed by atoms with E-state index in [1.807, 2.05) is 30.3 Å². The number of phenolic OH excluding ortho intramolecular Hbond substituents is 1. The summed E-state index contributed by atoms with van der Waals surface area (Å²) in [6, 6.07) is 10.2. The monoisotopic (exact) mass is 364 g/mol. The summed E-state index contributed by atoms with van der Waals surface area (Å²) in [5, 5.41) is 40.2. The second kappa shape index (κ2) is 8.53. The second-order valence-corrected chi connectivity index (χ2v) is 4.48. The predicted molar refractivity (Wildman–Crippen MR) is 90.0 cm³/mol. The van der Waals surface area contributed by atoms with Gasteiger partial charge in [-0.15, -0.1) is 0 Å². The molecule has 0 radical (unpaired) electrons. The highest BCUT2D eigenvalue weighted by atomic mass is 16.6. The number of aliphatic imine (C=N–C) groups is 1. The molecule has 0 bridgehead atoms. The van der Waals surface area contributed by atoms with Gasteiger partial charge in [0, 0.05) is 0 Å². The first kappa shape index (κ1) is 19.8. The molecule has 13 nitrogen and oxygen atoms in total. The molecule has 2 aromatic rings. The van der Waals surface area contributed by atoms with E-state index in [0.717, 1.165) is 5.69 Å². The van der Waals surface area contributed by atoms with Gasteiger partial charge >= 0.3 is 11.4 Å². The Bertz CT molecular complexity index is 830. The molecule has 26 heavy (non-hydrogen) atoms. The van der Waals surface area contributed by atoms with Gasteiger partial charge in [-0.2, -0.15) is 0 Å². The largest absolute Gasteiger partial charge is 0.497 e. The molecule has 0 saturated heterocycles. The average Bonchev–Trinajstić information content (AvgIpc) is 2.55. The molecule has 0 aliphatic carbocycles. The van der Waals surface area contributed by atoms with E-state index in [1.165, 1.54) is 0 Å². The molecule has 0 atom stereocenters. The standard InChI is InChI=1S/C7H9N3.C6H3N3O7/c8-7(9)10-6-4-2-1-3-5-6;10-6-4(8(13)14)1-3(7(11)12)2-5(6)9(15)16/h1-5H,(H4,8,9,10);1-2,10H. The highest BCUT2D eigenvalue weighted by molar-refractivity contribution is 5.78. The summed E-state index contributed by atoms with van der Waals surface area (Å²) >= 11 is 0. The van der Waals surface area contributed by atoms with Gasteiger partial charge < -0.3 is 16.6 Å². The molecule has 0 spiro atoms. The number of para-hydroxylation sites is 1. The van der Waals surface area contributed by atoms with Gasteiger partial charge in [-0.1, -0.05) is 18.2 Å². The van der Waals surface area contributed by atoms with Gasteiger partial charge in [0.05, 0.1) is 32.6 Å². The Morgan fingerprint density at radius 3 is 1.69 bits per heavy atom. The van der Waals surface area contributed by atoms with Crippen LogP contribution in [0.3, 0.4) is 0 Å². The summed E-state index contributed by atoms with van der Waals surface area (Å²) in [5.41, 5.74) is 8.08. The second-order valence-electron chi connectivity index (χ2n) is 4.48. The van der Waals surface area contributed by atoms with Gasteiger partial charge in [-0.25, -0.2) is 4.99 Å². The minimum atomic E-state index is -1.21. The molecular formula is C13H12N6O7. The van der Waals surface area contributed by atoms with Crippen LogP contribution >= 0.6 is 0 Å². The number of nitro benzene ring substituents is 3. The Morgan fingerprint density at radius 1 is 0.885 bits per heavy atom. The Morgan fingerprint density at radius 2 is 1.35 bits per heavy atom. The normalized spacial score (nSPS) is 9.38. The average molecular weight is 364 g/mol. The van der Waals surface area contributed by atoms with Crippen molar-refractivity contribution in [3.8, 4) is 5.75 Å². The van der Waals surface area contributed by atoms with E-state index in [-0.39, 0.29) is 5.96 Å².